The lowest BCUT2D eigenvalue weighted by atomic mass is 9.93. The van der Waals surface area contributed by atoms with Crippen LogP contribution in [0.3, 0.4) is 0 Å². The Morgan fingerprint density at radius 3 is 1.15 bits per heavy atom. The molecule has 82 heavy (non-hydrogen) atoms. The number of Topliss-reactive ketones (excluding diaryl/α,β-unsaturated/α-hetero) is 2. The summed E-state index contributed by atoms with van der Waals surface area (Å²) in [6.07, 6.45) is 1.42. The molecule has 2 aromatic heterocycles. The fourth-order valence-corrected chi connectivity index (χ4v) is 10.9. The van der Waals surface area contributed by atoms with Crippen LogP contribution in [0.25, 0.3) is 12.2 Å². The molecule has 38 heteroatoms. The molecule has 0 saturated carbocycles. The molecule has 422 valence electrons. The molecule has 0 atom stereocenters. The minimum absolute atomic E-state index is 0.124. The number of benzene rings is 5. The number of fused-ring (bicyclic) bond motifs is 2. The quantitative estimate of drug-likeness (QED) is 0.0375. The molecule has 0 amide bonds. The highest BCUT2D eigenvalue weighted by Gasteiger charge is 2.38. The Morgan fingerprint density at radius 1 is 0.402 bits per heavy atom. The van der Waals surface area contributed by atoms with Gasteiger partial charge in [-0.3, -0.25) is 43.2 Å². The van der Waals surface area contributed by atoms with E-state index in [4.69, 9.17) is 23.2 Å². The van der Waals surface area contributed by atoms with Crippen molar-refractivity contribution in [2.45, 2.75) is 14.7 Å². The molecular weight excluding hydrogens is 1230 g/mol. The van der Waals surface area contributed by atoms with Crippen molar-refractivity contribution in [2.75, 3.05) is 32.1 Å². The van der Waals surface area contributed by atoms with E-state index in [1.54, 1.807) is 36.4 Å². The first-order valence-electron chi connectivity index (χ1n) is 22.0. The van der Waals surface area contributed by atoms with Gasteiger partial charge in [-0.2, -0.15) is 82.2 Å². The molecule has 0 fully saturated rings. The summed E-state index contributed by atoms with van der Waals surface area (Å²) in [5, 5.41) is 16.8. The second-order valence-corrected chi connectivity index (χ2v) is 24.2. The maximum atomic E-state index is 14.2. The summed E-state index contributed by atoms with van der Waals surface area (Å²) in [5.74, 6) is -4.72. The molecule has 0 radical (unpaired) electrons. The molecule has 0 spiro atoms. The van der Waals surface area contributed by atoms with Crippen LogP contribution >= 0.6 is 23.2 Å². The fourth-order valence-electron chi connectivity index (χ4n) is 7.60. The number of hydrazone groups is 2. The van der Waals surface area contributed by atoms with Crippen molar-refractivity contribution in [1.29, 1.82) is 0 Å². The van der Waals surface area contributed by atoms with Gasteiger partial charge < -0.3 is 21.3 Å². The number of rotatable bonds is 17. The molecule has 0 saturated heterocycles. The van der Waals surface area contributed by atoms with Gasteiger partial charge in [0.25, 0.3) is 50.6 Å². The Balaban J connectivity index is 1.05. The number of nitrogens with zero attached hydrogens (tertiary/aromatic N) is 8. The summed E-state index contributed by atoms with van der Waals surface area (Å²) in [4.78, 5) is 47.5. The molecule has 31 nitrogen and oxygen atoms in total. The standard InChI is InChI=1S/C44H30Cl2N14O17S5/c45-39-51-41(55-43(53-39)49-28-18-25(78(63,64)65)13-20-15-31(81(72,73)74)35(37(61)33(20)28)59-57-22-7-3-1-4-8-22)47-24-11-12-30(80(69,70)71)27(17-24)48-42-52-40(46)54-44(56-42)50-29-19-26(79(66,67)68)14-21-16-32(82(75,76)77)36(38(62)34(21)29)60-58-23-9-5-2-6-10-23/h1-19,57-58H,(H,63,64,65)(H,66,67,68)(H,69,70,71)(H,72,73,74)(H,75,76,77)(H2,47,49,51,53,55)(H2,48,50,52,54,56). The monoisotopic (exact) mass is 1260 g/mol. The van der Waals surface area contributed by atoms with Crippen LogP contribution in [0.2, 0.25) is 10.6 Å². The molecule has 2 heterocycles. The highest BCUT2D eigenvalue weighted by Crippen LogP contribution is 2.38. The van der Waals surface area contributed by atoms with Crippen LogP contribution in [-0.4, -0.2) is 118 Å². The van der Waals surface area contributed by atoms with Gasteiger partial charge in [-0.15, -0.1) is 0 Å². The van der Waals surface area contributed by atoms with E-state index in [2.05, 4.69) is 72.2 Å². The lowest BCUT2D eigenvalue weighted by Crippen LogP contribution is -2.28. The number of anilines is 10. The van der Waals surface area contributed by atoms with Gasteiger partial charge in [0.05, 0.1) is 49.4 Å². The van der Waals surface area contributed by atoms with E-state index in [1.165, 1.54) is 24.3 Å². The third-order valence-electron chi connectivity index (χ3n) is 11.0. The number of para-hydroxylation sites is 2. The Morgan fingerprint density at radius 2 is 0.780 bits per heavy atom. The van der Waals surface area contributed by atoms with Crippen LogP contribution in [0, 0.1) is 0 Å². The first-order chi connectivity index (χ1) is 38.4. The van der Waals surface area contributed by atoms with Crippen LogP contribution in [0.5, 0.6) is 0 Å². The average molecular weight is 1260 g/mol. The molecule has 5 aromatic carbocycles. The zero-order valence-corrected chi connectivity index (χ0v) is 45.6. The summed E-state index contributed by atoms with van der Waals surface area (Å²) in [7, 11) is -25.9. The van der Waals surface area contributed by atoms with Crippen LogP contribution in [0.4, 0.5) is 57.9 Å². The average Bonchev–Trinajstić information content (AvgIpc) is 3.41. The van der Waals surface area contributed by atoms with Crippen molar-refractivity contribution in [3.63, 3.8) is 0 Å². The van der Waals surface area contributed by atoms with Crippen LogP contribution < -0.4 is 32.1 Å². The molecule has 11 N–H and O–H groups in total. The lowest BCUT2D eigenvalue weighted by molar-refractivity contribution is 0.105. The largest absolute Gasteiger partial charge is 0.324 e. The summed E-state index contributed by atoms with van der Waals surface area (Å²) < 4.78 is 176. The number of hydrogen-bond acceptors (Lipinski definition) is 26. The van der Waals surface area contributed by atoms with E-state index in [0.29, 0.717) is 6.08 Å². The summed E-state index contributed by atoms with van der Waals surface area (Å²) >= 11 is 12.5. The van der Waals surface area contributed by atoms with E-state index in [0.717, 1.165) is 48.5 Å². The minimum Gasteiger partial charge on any atom is -0.324 e. The minimum atomic E-state index is -5.26. The smallest absolute Gasteiger partial charge is 0.296 e. The predicted molar refractivity (Wildman–Crippen MR) is 294 cm³/mol. The number of nitrogens with one attached hydrogen (secondary N) is 6. The molecule has 7 aromatic rings. The molecular formula is C44H30Cl2N14O17S5. The third kappa shape index (κ3) is 13.0. The highest BCUT2D eigenvalue weighted by atomic mass is 35.5. The summed E-state index contributed by atoms with van der Waals surface area (Å²) in [5.41, 5.74) is 0.167. The van der Waals surface area contributed by atoms with Crippen molar-refractivity contribution in [3.8, 4) is 0 Å². The van der Waals surface area contributed by atoms with E-state index in [1.807, 2.05) is 0 Å². The van der Waals surface area contributed by atoms with Crippen molar-refractivity contribution < 1.29 is 74.4 Å². The topological polar surface area (TPSA) is 480 Å². The van der Waals surface area contributed by atoms with Gasteiger partial charge in [-0.1, -0.05) is 36.4 Å². The number of carbonyl (C=O) groups excluding carboxylic acids is 2. The third-order valence-corrected chi connectivity index (χ3v) is 15.6. The van der Waals surface area contributed by atoms with Crippen LogP contribution in [0.15, 0.2) is 138 Å². The Hall–Kier alpha value is -8.79. The number of allylic oxidation sites excluding steroid dienone is 2. The van der Waals surface area contributed by atoms with Crippen molar-refractivity contribution in [3.05, 3.63) is 146 Å². The van der Waals surface area contributed by atoms with Gasteiger partial charge in [0.1, 0.15) is 14.7 Å². The lowest BCUT2D eigenvalue weighted by Gasteiger charge is -2.20. The number of ketones is 2. The van der Waals surface area contributed by atoms with Gasteiger partial charge in [0.15, 0.2) is 11.4 Å². The molecule has 0 unspecified atom stereocenters. The van der Waals surface area contributed by atoms with E-state index < -0.39 is 172 Å². The summed E-state index contributed by atoms with van der Waals surface area (Å²) in [6.45, 7) is 0. The van der Waals surface area contributed by atoms with E-state index in [-0.39, 0.29) is 17.1 Å². The molecule has 9 rings (SSSR count). The van der Waals surface area contributed by atoms with Crippen molar-refractivity contribution in [2.24, 2.45) is 10.2 Å². The second-order valence-electron chi connectivity index (χ2n) is 16.5. The van der Waals surface area contributed by atoms with E-state index in [9.17, 15) is 74.4 Å². The highest BCUT2D eigenvalue weighted by molar-refractivity contribution is 7.91. The summed E-state index contributed by atoms with van der Waals surface area (Å²) in [6, 6.07) is 21.5. The fraction of sp³-hybridized carbons (Fsp3) is 0. The number of halogens is 2. The maximum absolute atomic E-state index is 14.2. The Bertz CT molecular complexity index is 4620. The molecule has 2 aliphatic carbocycles. The van der Waals surface area contributed by atoms with E-state index >= 15 is 0 Å². The Labute approximate surface area is 471 Å². The second kappa shape index (κ2) is 21.9. The van der Waals surface area contributed by atoms with Crippen molar-refractivity contribution in [1.82, 2.24) is 29.9 Å². The van der Waals surface area contributed by atoms with Gasteiger partial charge in [0, 0.05) is 5.69 Å². The molecule has 0 aliphatic heterocycles. The maximum Gasteiger partial charge on any atom is 0.296 e. The normalized spacial score (nSPS) is 14.8. The van der Waals surface area contributed by atoms with Crippen LogP contribution in [-0.2, 0) is 50.6 Å². The first-order valence-corrected chi connectivity index (χ1v) is 29.9. The Kier molecular flexibility index (Phi) is 15.5. The van der Waals surface area contributed by atoms with Crippen molar-refractivity contribution >= 4 is 167 Å². The molecule has 0 bridgehead atoms. The predicted octanol–water partition coefficient (Wildman–Crippen LogP) is 5.86. The number of hydrogen-bond donors (Lipinski definition) is 11. The SMILES string of the molecule is O=C1C(=NNc2ccccc2)C(S(=O)(=O)O)=Cc2cc(S(=O)(=O)O)cc(Nc3nc(Cl)nc(Nc4ccc(S(=O)(=O)O)c(Nc5nc(Cl)nc(Nc6cc(S(=O)(=O)O)cc7c6C(=O)C(=NNc6ccccc6)C(S(=O)(=O)O)=C7)n5)c4)n3)c21. The van der Waals surface area contributed by atoms with Gasteiger partial charge in [-0.05, 0) is 113 Å². The zero-order chi connectivity index (χ0) is 59.3. The molecule has 2 aliphatic rings. The van der Waals surface area contributed by atoms with Gasteiger partial charge >= 0.3 is 0 Å². The van der Waals surface area contributed by atoms with Gasteiger partial charge in [-0.25, -0.2) is 0 Å². The van der Waals surface area contributed by atoms with Crippen LogP contribution in [0.1, 0.15) is 31.8 Å². The first kappa shape index (κ1) is 57.9. The van der Waals surface area contributed by atoms with Gasteiger partial charge in [0.2, 0.25) is 45.9 Å². The number of carbonyl (C=O) groups is 2. The zero-order valence-electron chi connectivity index (χ0n) is 40.0. The number of aromatic nitrogens is 6.